The standard InChI is InChI=1S/C19H22N4O5S2/c1-21(2)10-5-11-22(18(24)14-8-9-15(29-14)23(25)26)19-20-16-12(27-3)6-7-13(28-4)17(16)30-19/h6-9H,5,10-11H2,1-4H3. The largest absolute Gasteiger partial charge is 0.495 e. The molecule has 0 spiro atoms. The van der Waals surface area contributed by atoms with E-state index in [9.17, 15) is 14.9 Å². The lowest BCUT2D eigenvalue weighted by Crippen LogP contribution is -2.32. The van der Waals surface area contributed by atoms with E-state index >= 15 is 0 Å². The molecule has 0 saturated heterocycles. The molecule has 0 radical (unpaired) electrons. The predicted octanol–water partition coefficient (Wildman–Crippen LogP) is 3.88. The van der Waals surface area contributed by atoms with Crippen molar-refractivity contribution >= 4 is 48.9 Å². The second-order valence-corrected chi connectivity index (χ2v) is 8.69. The summed E-state index contributed by atoms with van der Waals surface area (Å²) in [6.07, 6.45) is 0.719. The fraction of sp³-hybridized carbons (Fsp3) is 0.368. The Morgan fingerprint density at radius 2 is 1.80 bits per heavy atom. The van der Waals surface area contributed by atoms with Gasteiger partial charge >= 0.3 is 5.00 Å². The van der Waals surface area contributed by atoms with Gasteiger partial charge in [0.25, 0.3) is 5.91 Å². The smallest absolute Gasteiger partial charge is 0.324 e. The molecule has 160 valence electrons. The number of amides is 1. The molecule has 11 heteroatoms. The first-order valence-electron chi connectivity index (χ1n) is 9.08. The van der Waals surface area contributed by atoms with Crippen LogP contribution in [0.4, 0.5) is 10.1 Å². The molecule has 0 fully saturated rings. The van der Waals surface area contributed by atoms with E-state index < -0.39 is 4.92 Å². The maximum Gasteiger partial charge on any atom is 0.324 e. The van der Waals surface area contributed by atoms with Crippen molar-refractivity contribution in [2.45, 2.75) is 6.42 Å². The number of hydrogen-bond donors (Lipinski definition) is 0. The molecule has 3 aromatic rings. The maximum absolute atomic E-state index is 13.2. The van der Waals surface area contributed by atoms with Crippen molar-refractivity contribution in [3.8, 4) is 11.5 Å². The molecule has 0 aliphatic carbocycles. The third kappa shape index (κ3) is 4.53. The number of benzene rings is 1. The van der Waals surface area contributed by atoms with Crippen LogP contribution < -0.4 is 14.4 Å². The van der Waals surface area contributed by atoms with Gasteiger partial charge in [-0.25, -0.2) is 4.98 Å². The van der Waals surface area contributed by atoms with E-state index in [1.165, 1.54) is 23.5 Å². The van der Waals surface area contributed by atoms with E-state index in [1.54, 1.807) is 31.3 Å². The van der Waals surface area contributed by atoms with Gasteiger partial charge in [-0.1, -0.05) is 22.7 Å². The number of nitro groups is 1. The number of aromatic nitrogens is 1. The Labute approximate surface area is 181 Å². The molecule has 2 aromatic heterocycles. The number of carbonyl (C=O) groups is 1. The fourth-order valence-corrected chi connectivity index (χ4v) is 4.76. The zero-order chi connectivity index (χ0) is 21.8. The van der Waals surface area contributed by atoms with Gasteiger partial charge in [-0.15, -0.1) is 0 Å². The number of anilines is 1. The Morgan fingerprint density at radius 3 is 2.40 bits per heavy atom. The van der Waals surface area contributed by atoms with Crippen molar-refractivity contribution in [2.75, 3.05) is 46.3 Å². The fourth-order valence-electron chi connectivity index (χ4n) is 2.89. The zero-order valence-electron chi connectivity index (χ0n) is 17.1. The van der Waals surface area contributed by atoms with Crippen LogP contribution in [0.1, 0.15) is 16.1 Å². The summed E-state index contributed by atoms with van der Waals surface area (Å²) in [6, 6.07) is 6.40. The highest BCUT2D eigenvalue weighted by Crippen LogP contribution is 2.40. The molecule has 0 aliphatic heterocycles. The summed E-state index contributed by atoms with van der Waals surface area (Å²) in [6.45, 7) is 1.21. The van der Waals surface area contributed by atoms with Crippen LogP contribution in [0, 0.1) is 10.1 Å². The van der Waals surface area contributed by atoms with E-state index in [-0.39, 0.29) is 10.9 Å². The van der Waals surface area contributed by atoms with Gasteiger partial charge in [-0.2, -0.15) is 0 Å². The molecule has 9 nitrogen and oxygen atoms in total. The Morgan fingerprint density at radius 1 is 1.10 bits per heavy atom. The van der Waals surface area contributed by atoms with Gasteiger partial charge < -0.3 is 14.4 Å². The Balaban J connectivity index is 2.02. The molecule has 1 aromatic carbocycles. The monoisotopic (exact) mass is 450 g/mol. The van der Waals surface area contributed by atoms with Gasteiger partial charge in [0.15, 0.2) is 5.13 Å². The second-order valence-electron chi connectivity index (χ2n) is 6.65. The second kappa shape index (κ2) is 9.37. The number of thiazole rings is 1. The SMILES string of the molecule is COc1ccc(OC)c2sc(N(CCCN(C)C)C(=O)c3ccc([N+](=O)[O-])s3)nc12. The van der Waals surface area contributed by atoms with Crippen LogP contribution in [0.15, 0.2) is 24.3 Å². The number of ether oxygens (including phenoxy) is 2. The van der Waals surface area contributed by atoms with Crippen LogP contribution in [0.2, 0.25) is 0 Å². The molecule has 0 atom stereocenters. The number of fused-ring (bicyclic) bond motifs is 1. The van der Waals surface area contributed by atoms with Crippen molar-refractivity contribution in [2.24, 2.45) is 0 Å². The van der Waals surface area contributed by atoms with E-state index in [4.69, 9.17) is 9.47 Å². The van der Waals surface area contributed by atoms with Crippen molar-refractivity contribution in [3.05, 3.63) is 39.3 Å². The normalized spacial score (nSPS) is 11.1. The van der Waals surface area contributed by atoms with Crippen molar-refractivity contribution in [3.63, 3.8) is 0 Å². The summed E-state index contributed by atoms with van der Waals surface area (Å²) < 4.78 is 11.6. The Hall–Kier alpha value is -2.76. The highest BCUT2D eigenvalue weighted by molar-refractivity contribution is 7.23. The molecule has 1 amide bonds. The quantitative estimate of drug-likeness (QED) is 0.360. The summed E-state index contributed by atoms with van der Waals surface area (Å²) in [5, 5.41) is 11.5. The minimum absolute atomic E-state index is 0.0702. The number of thiophene rings is 1. The van der Waals surface area contributed by atoms with Gasteiger partial charge in [0.2, 0.25) is 0 Å². The van der Waals surface area contributed by atoms with Crippen LogP contribution in [0.25, 0.3) is 10.2 Å². The molecule has 30 heavy (non-hydrogen) atoms. The average molecular weight is 451 g/mol. The van der Waals surface area contributed by atoms with Gasteiger partial charge in [-0.05, 0) is 45.3 Å². The molecule has 3 rings (SSSR count). The first-order valence-corrected chi connectivity index (χ1v) is 10.7. The number of carbonyl (C=O) groups excluding carboxylic acids is 1. The minimum atomic E-state index is -0.495. The number of hydrogen-bond acceptors (Lipinski definition) is 9. The molecular weight excluding hydrogens is 428 g/mol. The lowest BCUT2D eigenvalue weighted by Gasteiger charge is -2.20. The van der Waals surface area contributed by atoms with E-state index in [0.717, 1.165) is 29.0 Å². The lowest BCUT2D eigenvalue weighted by molar-refractivity contribution is -0.380. The summed E-state index contributed by atoms with van der Waals surface area (Å²) >= 11 is 2.19. The van der Waals surface area contributed by atoms with E-state index in [2.05, 4.69) is 4.98 Å². The molecular formula is C19H22N4O5S2. The first kappa shape index (κ1) is 21.9. The molecule has 0 bridgehead atoms. The topological polar surface area (TPSA) is 98.0 Å². The third-order valence-electron chi connectivity index (χ3n) is 4.34. The molecule has 0 unspecified atom stereocenters. The first-order chi connectivity index (χ1) is 14.3. The zero-order valence-corrected chi connectivity index (χ0v) is 18.7. The van der Waals surface area contributed by atoms with Crippen LogP contribution in [0.5, 0.6) is 11.5 Å². The minimum Gasteiger partial charge on any atom is -0.495 e. The van der Waals surface area contributed by atoms with Crippen molar-refractivity contribution in [1.82, 2.24) is 9.88 Å². The Kier molecular flexibility index (Phi) is 6.85. The van der Waals surface area contributed by atoms with Crippen LogP contribution >= 0.6 is 22.7 Å². The van der Waals surface area contributed by atoms with Crippen molar-refractivity contribution in [1.29, 1.82) is 0 Å². The lowest BCUT2D eigenvalue weighted by atomic mass is 10.3. The summed E-state index contributed by atoms with van der Waals surface area (Å²) in [5.74, 6) is 0.909. The van der Waals surface area contributed by atoms with Crippen molar-refractivity contribution < 1.29 is 19.2 Å². The third-order valence-corrected chi connectivity index (χ3v) is 6.46. The highest BCUT2D eigenvalue weighted by atomic mass is 32.1. The van der Waals surface area contributed by atoms with E-state index in [0.29, 0.717) is 33.6 Å². The van der Waals surface area contributed by atoms with E-state index in [1.807, 2.05) is 19.0 Å². The number of rotatable bonds is 9. The summed E-state index contributed by atoms with van der Waals surface area (Å²) in [4.78, 5) is 32.3. The predicted molar refractivity (Wildman–Crippen MR) is 119 cm³/mol. The highest BCUT2D eigenvalue weighted by Gasteiger charge is 2.26. The van der Waals surface area contributed by atoms with Gasteiger partial charge in [0.05, 0.1) is 24.0 Å². The molecule has 0 saturated carbocycles. The van der Waals surface area contributed by atoms with Gasteiger partial charge in [-0.3, -0.25) is 19.8 Å². The van der Waals surface area contributed by atoms with Crippen LogP contribution in [0.3, 0.4) is 0 Å². The number of nitrogens with zero attached hydrogens (tertiary/aromatic N) is 4. The summed E-state index contributed by atoms with van der Waals surface area (Å²) in [5.41, 5.74) is 0.611. The van der Waals surface area contributed by atoms with Gasteiger partial charge in [0, 0.05) is 12.6 Å². The van der Waals surface area contributed by atoms with Gasteiger partial charge in [0.1, 0.15) is 21.7 Å². The Bertz CT molecular complexity index is 1020. The van der Waals surface area contributed by atoms with Crippen LogP contribution in [-0.2, 0) is 0 Å². The van der Waals surface area contributed by atoms with Crippen LogP contribution in [-0.4, -0.2) is 62.1 Å². The number of methoxy groups -OCH3 is 2. The maximum atomic E-state index is 13.2. The molecule has 2 heterocycles. The summed E-state index contributed by atoms with van der Waals surface area (Å²) in [7, 11) is 7.06. The average Bonchev–Trinajstić information content (AvgIpc) is 3.37. The molecule has 0 aliphatic rings. The molecule has 0 N–H and O–H groups in total.